The number of benzene rings is 1. The van der Waals surface area contributed by atoms with E-state index in [2.05, 4.69) is 6.07 Å². The zero-order valence-electron chi connectivity index (χ0n) is 4.91. The minimum absolute atomic E-state index is 0.279. The van der Waals surface area contributed by atoms with Gasteiger partial charge in [-0.1, -0.05) is 11.6 Å². The van der Waals surface area contributed by atoms with Gasteiger partial charge in [0, 0.05) is 11.6 Å². The summed E-state index contributed by atoms with van der Waals surface area (Å²) in [5.41, 5.74) is 0.458. The second kappa shape index (κ2) is 2.36. The highest BCUT2D eigenvalue weighted by molar-refractivity contribution is 6.31. The third-order valence-corrected chi connectivity index (χ3v) is 1.52. The molecule has 1 rings (SSSR count). The second-order valence-electron chi connectivity index (χ2n) is 1.76. The van der Waals surface area contributed by atoms with Crippen LogP contribution >= 0.6 is 11.6 Å². The molecule has 0 aromatic heterocycles. The van der Waals surface area contributed by atoms with Gasteiger partial charge >= 0.3 is 0 Å². The van der Waals surface area contributed by atoms with Crippen LogP contribution in [0, 0.1) is 18.8 Å². The molecule has 0 atom stereocenters. The summed E-state index contributed by atoms with van der Waals surface area (Å²) < 4.78 is 12.5. The minimum Gasteiger partial charge on any atom is -0.207 e. The molecule has 0 unspecified atom stereocenters. The quantitative estimate of drug-likeness (QED) is 0.524. The lowest BCUT2D eigenvalue weighted by Gasteiger charge is -1.94. The Hall–Kier alpha value is -0.560. The lowest BCUT2D eigenvalue weighted by molar-refractivity contribution is 0.618. The number of rotatable bonds is 0. The summed E-state index contributed by atoms with van der Waals surface area (Å²) in [6.45, 7) is 1.62. The van der Waals surface area contributed by atoms with Crippen molar-refractivity contribution in [3.8, 4) is 0 Å². The van der Waals surface area contributed by atoms with Gasteiger partial charge in [-0.15, -0.1) is 0 Å². The van der Waals surface area contributed by atoms with Crippen LogP contribution in [0.15, 0.2) is 12.1 Å². The lowest BCUT2D eigenvalue weighted by Crippen LogP contribution is -1.80. The highest BCUT2D eigenvalue weighted by Crippen LogP contribution is 2.15. The third kappa shape index (κ3) is 1.22. The van der Waals surface area contributed by atoms with Gasteiger partial charge < -0.3 is 0 Å². The van der Waals surface area contributed by atoms with E-state index < -0.39 is 0 Å². The van der Waals surface area contributed by atoms with Gasteiger partial charge in [-0.3, -0.25) is 0 Å². The number of hydrogen-bond donors (Lipinski definition) is 0. The summed E-state index contributed by atoms with van der Waals surface area (Å²) >= 11 is 5.52. The van der Waals surface area contributed by atoms with Crippen molar-refractivity contribution in [3.63, 3.8) is 0 Å². The summed E-state index contributed by atoms with van der Waals surface area (Å²) in [6.07, 6.45) is 0. The van der Waals surface area contributed by atoms with Crippen molar-refractivity contribution in [2.24, 2.45) is 0 Å². The van der Waals surface area contributed by atoms with E-state index in [1.807, 2.05) is 0 Å². The molecule has 0 heterocycles. The van der Waals surface area contributed by atoms with E-state index in [9.17, 15) is 4.39 Å². The summed E-state index contributed by atoms with van der Waals surface area (Å²) in [4.78, 5) is 0. The van der Waals surface area contributed by atoms with Crippen molar-refractivity contribution in [2.45, 2.75) is 6.92 Å². The topological polar surface area (TPSA) is 0 Å². The van der Waals surface area contributed by atoms with Crippen molar-refractivity contribution in [1.29, 1.82) is 0 Å². The summed E-state index contributed by atoms with van der Waals surface area (Å²) in [7, 11) is 0. The minimum atomic E-state index is -0.279. The predicted octanol–water partition coefficient (Wildman–Crippen LogP) is 2.59. The Morgan fingerprint density at radius 2 is 2.33 bits per heavy atom. The van der Waals surface area contributed by atoms with Crippen molar-refractivity contribution < 1.29 is 4.39 Å². The first kappa shape index (κ1) is 6.56. The Morgan fingerprint density at radius 1 is 1.67 bits per heavy atom. The van der Waals surface area contributed by atoms with Crippen LogP contribution in [0.25, 0.3) is 0 Å². The molecule has 47 valence electrons. The van der Waals surface area contributed by atoms with Crippen LogP contribution in [-0.2, 0) is 0 Å². The van der Waals surface area contributed by atoms with E-state index in [-0.39, 0.29) is 5.82 Å². The van der Waals surface area contributed by atoms with Crippen molar-refractivity contribution >= 4 is 11.6 Å². The van der Waals surface area contributed by atoms with E-state index in [0.29, 0.717) is 10.6 Å². The largest absolute Gasteiger partial charge is 0.207 e. The molecule has 1 aromatic carbocycles. The molecule has 9 heavy (non-hydrogen) atoms. The van der Waals surface area contributed by atoms with E-state index in [0.717, 1.165) is 0 Å². The lowest BCUT2D eigenvalue weighted by atomic mass is 10.2. The van der Waals surface area contributed by atoms with E-state index in [1.54, 1.807) is 6.92 Å². The van der Waals surface area contributed by atoms with Crippen LogP contribution < -0.4 is 0 Å². The van der Waals surface area contributed by atoms with Crippen molar-refractivity contribution in [2.75, 3.05) is 0 Å². The van der Waals surface area contributed by atoms with Gasteiger partial charge in [0.05, 0.1) is 5.02 Å². The van der Waals surface area contributed by atoms with E-state index in [1.165, 1.54) is 12.1 Å². The fourth-order valence-corrected chi connectivity index (χ4v) is 0.679. The zero-order valence-corrected chi connectivity index (χ0v) is 5.67. The SMILES string of the molecule is Cc1c(Cl)[c]ccc1F. The number of hydrogen-bond acceptors (Lipinski definition) is 0. The maximum atomic E-state index is 12.5. The normalized spacial score (nSPS) is 9.67. The van der Waals surface area contributed by atoms with Gasteiger partial charge in [0.2, 0.25) is 0 Å². The van der Waals surface area contributed by atoms with Crippen LogP contribution in [0.5, 0.6) is 0 Å². The average Bonchev–Trinajstić information content (AvgIpc) is 1.83. The predicted molar refractivity (Wildman–Crippen MR) is 35.0 cm³/mol. The Kier molecular flexibility index (Phi) is 1.72. The number of halogens is 2. The molecule has 0 aliphatic rings. The Bertz CT molecular complexity index is 200. The summed E-state index contributed by atoms with van der Waals surface area (Å²) in [6, 6.07) is 5.46. The second-order valence-corrected chi connectivity index (χ2v) is 2.14. The molecular weight excluding hydrogens is 139 g/mol. The molecule has 1 radical (unpaired) electrons. The van der Waals surface area contributed by atoms with Gasteiger partial charge in [0.25, 0.3) is 0 Å². The molecule has 0 saturated carbocycles. The molecule has 0 aliphatic heterocycles. The van der Waals surface area contributed by atoms with Crippen molar-refractivity contribution in [1.82, 2.24) is 0 Å². The summed E-state index contributed by atoms with van der Waals surface area (Å²) in [5.74, 6) is -0.279. The molecule has 0 fully saturated rings. The van der Waals surface area contributed by atoms with E-state index in [4.69, 9.17) is 11.6 Å². The standard InChI is InChI=1S/C7H5ClF/c1-5-6(8)3-2-4-7(5)9/h2,4H,1H3. The first-order valence-electron chi connectivity index (χ1n) is 2.54. The van der Waals surface area contributed by atoms with Crippen LogP contribution in [0.1, 0.15) is 5.56 Å². The Labute approximate surface area is 58.3 Å². The molecule has 0 nitrogen and oxygen atoms in total. The molecule has 1 aromatic rings. The highest BCUT2D eigenvalue weighted by atomic mass is 35.5. The van der Waals surface area contributed by atoms with E-state index >= 15 is 0 Å². The van der Waals surface area contributed by atoms with Crippen molar-refractivity contribution in [3.05, 3.63) is 34.6 Å². The van der Waals surface area contributed by atoms with Crippen LogP contribution in [0.4, 0.5) is 4.39 Å². The van der Waals surface area contributed by atoms with Gasteiger partial charge in [-0.05, 0) is 19.1 Å². The molecular formula is C7H5ClF. The molecule has 0 saturated heterocycles. The third-order valence-electron chi connectivity index (χ3n) is 1.13. The Balaban J connectivity index is 3.25. The molecule has 0 bridgehead atoms. The van der Waals surface area contributed by atoms with Crippen LogP contribution in [0.2, 0.25) is 5.02 Å². The molecule has 0 amide bonds. The molecule has 0 N–H and O–H groups in total. The zero-order chi connectivity index (χ0) is 6.85. The maximum absolute atomic E-state index is 12.5. The van der Waals surface area contributed by atoms with Gasteiger partial charge in [-0.25, -0.2) is 4.39 Å². The smallest absolute Gasteiger partial charge is 0.127 e. The average molecular weight is 144 g/mol. The molecule has 0 aliphatic carbocycles. The summed E-state index contributed by atoms with van der Waals surface area (Å²) in [5, 5.41) is 0.356. The fraction of sp³-hybridized carbons (Fsp3) is 0.143. The highest BCUT2D eigenvalue weighted by Gasteiger charge is 1.98. The maximum Gasteiger partial charge on any atom is 0.127 e. The molecule has 2 heteroatoms. The molecule has 0 spiro atoms. The first-order chi connectivity index (χ1) is 4.22. The van der Waals surface area contributed by atoms with Crippen LogP contribution in [-0.4, -0.2) is 0 Å². The Morgan fingerprint density at radius 3 is 2.78 bits per heavy atom. The fourth-order valence-electron chi connectivity index (χ4n) is 0.526. The van der Waals surface area contributed by atoms with Gasteiger partial charge in [0.15, 0.2) is 0 Å². The van der Waals surface area contributed by atoms with Gasteiger partial charge in [-0.2, -0.15) is 0 Å². The monoisotopic (exact) mass is 143 g/mol. The van der Waals surface area contributed by atoms with Gasteiger partial charge in [0.1, 0.15) is 5.82 Å². The first-order valence-corrected chi connectivity index (χ1v) is 2.92. The van der Waals surface area contributed by atoms with Crippen LogP contribution in [0.3, 0.4) is 0 Å².